The second-order valence-corrected chi connectivity index (χ2v) is 4.34. The molecule has 0 bridgehead atoms. The molecular formula is C12H16N4O4. The summed E-state index contributed by atoms with van der Waals surface area (Å²) < 4.78 is 5.19. The smallest absolute Gasteiger partial charge is 0.312 e. The molecule has 1 aromatic rings. The molecule has 8 nitrogen and oxygen atoms in total. The van der Waals surface area contributed by atoms with Crippen LogP contribution >= 0.6 is 0 Å². The van der Waals surface area contributed by atoms with Gasteiger partial charge in [-0.3, -0.25) is 19.8 Å². The van der Waals surface area contributed by atoms with E-state index in [-0.39, 0.29) is 12.1 Å². The molecule has 0 aromatic carbocycles. The lowest BCUT2D eigenvalue weighted by molar-refractivity contribution is -0.156. The number of carbonyl (C=O) groups is 3. The van der Waals surface area contributed by atoms with Gasteiger partial charge in [0, 0.05) is 19.6 Å². The molecule has 2 rings (SSSR count). The number of furan rings is 1. The Bertz CT molecular complexity index is 539. The maximum absolute atomic E-state index is 11.9. The molecule has 0 saturated carbocycles. The van der Waals surface area contributed by atoms with E-state index in [0.717, 1.165) is 0 Å². The third-order valence-corrected chi connectivity index (χ3v) is 3.23. The first-order valence-corrected chi connectivity index (χ1v) is 6.24. The quantitative estimate of drug-likeness (QED) is 0.321. The van der Waals surface area contributed by atoms with Crippen molar-refractivity contribution in [2.24, 2.45) is 5.84 Å². The molecule has 8 heteroatoms. The molecule has 2 heterocycles. The summed E-state index contributed by atoms with van der Waals surface area (Å²) in [5.41, 5.74) is 2.26. The molecule has 0 radical (unpaired) electrons. The van der Waals surface area contributed by atoms with Crippen molar-refractivity contribution < 1.29 is 18.8 Å². The fraction of sp³-hybridized carbons (Fsp3) is 0.417. The van der Waals surface area contributed by atoms with Gasteiger partial charge < -0.3 is 14.2 Å². The molecule has 0 aliphatic carbocycles. The van der Waals surface area contributed by atoms with E-state index in [1.807, 2.05) is 12.3 Å². The molecular weight excluding hydrogens is 264 g/mol. The minimum Gasteiger partial charge on any atom is -0.467 e. The summed E-state index contributed by atoms with van der Waals surface area (Å²) in [5.74, 6) is 3.75. The van der Waals surface area contributed by atoms with Gasteiger partial charge in [0.05, 0.1) is 18.4 Å². The van der Waals surface area contributed by atoms with Crippen LogP contribution < -0.4 is 11.3 Å². The summed E-state index contributed by atoms with van der Waals surface area (Å²) in [7, 11) is 0. The number of hydrogen-bond donors (Lipinski definition) is 2. The van der Waals surface area contributed by atoms with E-state index in [2.05, 4.69) is 0 Å². The molecule has 0 spiro atoms. The number of piperazine rings is 1. The van der Waals surface area contributed by atoms with E-state index in [1.54, 1.807) is 0 Å². The Morgan fingerprint density at radius 1 is 1.35 bits per heavy atom. The van der Waals surface area contributed by atoms with Crippen LogP contribution in [0.2, 0.25) is 0 Å². The summed E-state index contributed by atoms with van der Waals surface area (Å²) in [6, 6.07) is 1.46. The highest BCUT2D eigenvalue weighted by Crippen LogP contribution is 2.15. The van der Waals surface area contributed by atoms with Crippen molar-refractivity contribution >= 4 is 17.7 Å². The highest BCUT2D eigenvalue weighted by atomic mass is 16.3. The van der Waals surface area contributed by atoms with Crippen molar-refractivity contribution in [3.63, 3.8) is 0 Å². The molecule has 20 heavy (non-hydrogen) atoms. The number of hydrazine groups is 1. The molecule has 108 valence electrons. The van der Waals surface area contributed by atoms with Crippen LogP contribution in [0.15, 0.2) is 16.7 Å². The number of nitrogen functional groups attached to an aromatic ring is 1. The monoisotopic (exact) mass is 280 g/mol. The van der Waals surface area contributed by atoms with Crippen molar-refractivity contribution in [3.8, 4) is 0 Å². The zero-order chi connectivity index (χ0) is 14.7. The largest absolute Gasteiger partial charge is 0.467 e. The molecule has 0 atom stereocenters. The van der Waals surface area contributed by atoms with Gasteiger partial charge in [-0.15, -0.1) is 0 Å². The molecule has 1 aliphatic rings. The number of nitrogens with two attached hydrogens (primary N) is 1. The molecule has 3 N–H and O–H groups in total. The Morgan fingerprint density at radius 2 is 2.00 bits per heavy atom. The maximum atomic E-state index is 11.9. The Hall–Kier alpha value is -2.35. The van der Waals surface area contributed by atoms with E-state index in [4.69, 9.17) is 10.3 Å². The summed E-state index contributed by atoms with van der Waals surface area (Å²) >= 11 is 0. The normalized spacial score (nSPS) is 15.7. The predicted molar refractivity (Wildman–Crippen MR) is 68.0 cm³/mol. The highest BCUT2D eigenvalue weighted by Gasteiger charge is 2.32. The maximum Gasteiger partial charge on any atom is 0.312 e. The van der Waals surface area contributed by atoms with E-state index in [9.17, 15) is 14.4 Å². The van der Waals surface area contributed by atoms with E-state index in [1.165, 1.54) is 22.1 Å². The summed E-state index contributed by atoms with van der Waals surface area (Å²) in [5, 5.41) is 0. The number of amides is 3. The van der Waals surface area contributed by atoms with Crippen LogP contribution in [0, 0.1) is 0 Å². The lowest BCUT2D eigenvalue weighted by atomic mass is 10.2. The Kier molecular flexibility index (Phi) is 4.04. The van der Waals surface area contributed by atoms with Crippen molar-refractivity contribution in [1.29, 1.82) is 0 Å². The summed E-state index contributed by atoms with van der Waals surface area (Å²) in [6.45, 7) is 3.26. The van der Waals surface area contributed by atoms with Gasteiger partial charge >= 0.3 is 11.8 Å². The van der Waals surface area contributed by atoms with Crippen LogP contribution in [0.25, 0.3) is 0 Å². The molecule has 1 aliphatic heterocycles. The average molecular weight is 280 g/mol. The van der Waals surface area contributed by atoms with Crippen molar-refractivity contribution in [2.75, 3.05) is 19.6 Å². The van der Waals surface area contributed by atoms with E-state index < -0.39 is 17.7 Å². The molecule has 1 saturated heterocycles. The van der Waals surface area contributed by atoms with Crippen LogP contribution in [0.3, 0.4) is 0 Å². The third kappa shape index (κ3) is 2.50. The van der Waals surface area contributed by atoms with Crippen LogP contribution in [0.4, 0.5) is 0 Å². The SMILES string of the molecule is CCN1CCN(Cc2occc2C(=O)NN)C(=O)C1=O. The predicted octanol–water partition coefficient (Wildman–Crippen LogP) is -0.926. The zero-order valence-corrected chi connectivity index (χ0v) is 11.1. The van der Waals surface area contributed by atoms with Gasteiger partial charge in [0.1, 0.15) is 5.76 Å². The van der Waals surface area contributed by atoms with Gasteiger partial charge in [-0.05, 0) is 13.0 Å². The zero-order valence-electron chi connectivity index (χ0n) is 11.1. The first-order valence-electron chi connectivity index (χ1n) is 6.24. The van der Waals surface area contributed by atoms with Gasteiger partial charge in [0.15, 0.2) is 0 Å². The fourth-order valence-electron chi connectivity index (χ4n) is 2.08. The average Bonchev–Trinajstić information content (AvgIpc) is 2.91. The van der Waals surface area contributed by atoms with Gasteiger partial charge in [0.2, 0.25) is 0 Å². The molecule has 1 aromatic heterocycles. The Morgan fingerprint density at radius 3 is 2.65 bits per heavy atom. The van der Waals surface area contributed by atoms with Crippen LogP contribution in [0.5, 0.6) is 0 Å². The summed E-state index contributed by atoms with van der Waals surface area (Å²) in [4.78, 5) is 38.1. The first-order chi connectivity index (χ1) is 9.58. The Balaban J connectivity index is 2.12. The highest BCUT2D eigenvalue weighted by molar-refractivity contribution is 6.35. The van der Waals surface area contributed by atoms with E-state index in [0.29, 0.717) is 25.4 Å². The topological polar surface area (TPSA) is 109 Å². The number of rotatable bonds is 4. The lowest BCUT2D eigenvalue weighted by Gasteiger charge is -2.32. The minimum atomic E-state index is -0.589. The Labute approximate surface area is 115 Å². The first kappa shape index (κ1) is 14.1. The van der Waals surface area contributed by atoms with Crippen LogP contribution in [0.1, 0.15) is 23.0 Å². The van der Waals surface area contributed by atoms with Gasteiger partial charge in [0.25, 0.3) is 5.91 Å². The molecule has 1 fully saturated rings. The van der Waals surface area contributed by atoms with Gasteiger partial charge in [-0.1, -0.05) is 0 Å². The number of likely N-dealkylation sites (N-methyl/N-ethyl adjacent to an activating group) is 1. The van der Waals surface area contributed by atoms with Crippen LogP contribution in [-0.2, 0) is 16.1 Å². The number of carbonyl (C=O) groups excluding carboxylic acids is 3. The number of nitrogens with one attached hydrogen (secondary N) is 1. The van der Waals surface area contributed by atoms with Crippen molar-refractivity contribution in [3.05, 3.63) is 23.7 Å². The number of nitrogens with zero attached hydrogens (tertiary/aromatic N) is 2. The van der Waals surface area contributed by atoms with Crippen LogP contribution in [-0.4, -0.2) is 47.2 Å². The van der Waals surface area contributed by atoms with Crippen molar-refractivity contribution in [2.45, 2.75) is 13.5 Å². The second-order valence-electron chi connectivity index (χ2n) is 4.34. The minimum absolute atomic E-state index is 0.0673. The fourth-order valence-corrected chi connectivity index (χ4v) is 2.08. The molecule has 0 unspecified atom stereocenters. The third-order valence-electron chi connectivity index (χ3n) is 3.23. The van der Waals surface area contributed by atoms with Crippen molar-refractivity contribution in [1.82, 2.24) is 15.2 Å². The van der Waals surface area contributed by atoms with Gasteiger partial charge in [-0.2, -0.15) is 0 Å². The summed E-state index contributed by atoms with van der Waals surface area (Å²) in [6.07, 6.45) is 1.34. The van der Waals surface area contributed by atoms with E-state index >= 15 is 0 Å². The standard InChI is InChI=1S/C12H16N4O4/c1-2-15-4-5-16(12(19)11(15)18)7-9-8(3-6-20-9)10(17)14-13/h3,6H,2,4-5,7,13H2,1H3,(H,14,17). The second kappa shape index (κ2) is 5.74. The lowest BCUT2D eigenvalue weighted by Crippen LogP contribution is -2.53. The number of hydrogen-bond acceptors (Lipinski definition) is 5. The molecule has 3 amide bonds. The van der Waals surface area contributed by atoms with Gasteiger partial charge in [-0.25, -0.2) is 5.84 Å².